The lowest BCUT2D eigenvalue weighted by atomic mass is 10.1. The van der Waals surface area contributed by atoms with E-state index in [0.29, 0.717) is 15.5 Å². The van der Waals surface area contributed by atoms with Crippen molar-refractivity contribution < 1.29 is 9.18 Å². The van der Waals surface area contributed by atoms with Crippen molar-refractivity contribution in [1.82, 2.24) is 0 Å². The standard InChI is InChI=1S/C16H10ClFOS/c17-13-6-5-12(18)7-11(13)8-14(19)16-9-10-3-1-2-4-15(10)20-16/h1-7,9H,8H2. The summed E-state index contributed by atoms with van der Waals surface area (Å²) in [5.41, 5.74) is 0.522. The van der Waals surface area contributed by atoms with Crippen LogP contribution < -0.4 is 0 Å². The number of rotatable bonds is 3. The van der Waals surface area contributed by atoms with Gasteiger partial charge in [0, 0.05) is 16.1 Å². The minimum Gasteiger partial charge on any atom is -0.293 e. The van der Waals surface area contributed by atoms with Gasteiger partial charge in [-0.15, -0.1) is 11.3 Å². The SMILES string of the molecule is O=C(Cc1cc(F)ccc1Cl)c1cc2ccccc2s1. The van der Waals surface area contributed by atoms with Crippen molar-refractivity contribution in [1.29, 1.82) is 0 Å². The zero-order valence-corrected chi connectivity index (χ0v) is 12.0. The topological polar surface area (TPSA) is 17.1 Å². The molecule has 4 heteroatoms. The fourth-order valence-electron chi connectivity index (χ4n) is 2.06. The van der Waals surface area contributed by atoms with Crippen molar-refractivity contribution in [2.45, 2.75) is 6.42 Å². The number of thiophene rings is 1. The van der Waals surface area contributed by atoms with E-state index in [1.807, 2.05) is 30.3 Å². The second kappa shape index (κ2) is 5.35. The van der Waals surface area contributed by atoms with Gasteiger partial charge < -0.3 is 0 Å². The molecule has 0 atom stereocenters. The molecule has 0 unspecified atom stereocenters. The fourth-order valence-corrected chi connectivity index (χ4v) is 3.24. The third kappa shape index (κ3) is 2.60. The van der Waals surface area contributed by atoms with Gasteiger partial charge in [0.25, 0.3) is 0 Å². The van der Waals surface area contributed by atoms with Gasteiger partial charge in [-0.05, 0) is 41.3 Å². The summed E-state index contributed by atoms with van der Waals surface area (Å²) in [7, 11) is 0. The van der Waals surface area contributed by atoms with Crippen LogP contribution in [-0.2, 0) is 6.42 Å². The summed E-state index contributed by atoms with van der Waals surface area (Å²) < 4.78 is 14.3. The van der Waals surface area contributed by atoms with Crippen LogP contribution in [0.15, 0.2) is 48.5 Å². The predicted octanol–water partition coefficient (Wildman–Crippen LogP) is 5.12. The molecule has 0 bridgehead atoms. The Hall–Kier alpha value is -1.71. The zero-order chi connectivity index (χ0) is 14.1. The van der Waals surface area contributed by atoms with Crippen LogP contribution in [0, 0.1) is 5.82 Å². The molecule has 0 aliphatic heterocycles. The molecule has 1 heterocycles. The summed E-state index contributed by atoms with van der Waals surface area (Å²) in [6, 6.07) is 13.8. The Labute approximate surface area is 124 Å². The maximum atomic E-state index is 13.2. The van der Waals surface area contributed by atoms with Gasteiger partial charge in [-0.3, -0.25) is 4.79 Å². The van der Waals surface area contributed by atoms with E-state index in [4.69, 9.17) is 11.6 Å². The highest BCUT2D eigenvalue weighted by Crippen LogP contribution is 2.27. The Balaban J connectivity index is 1.90. The van der Waals surface area contributed by atoms with Gasteiger partial charge in [0.2, 0.25) is 0 Å². The second-order valence-electron chi connectivity index (χ2n) is 4.48. The number of fused-ring (bicyclic) bond motifs is 1. The molecule has 3 aromatic rings. The van der Waals surface area contributed by atoms with Gasteiger partial charge in [-0.1, -0.05) is 29.8 Å². The smallest absolute Gasteiger partial charge is 0.177 e. The van der Waals surface area contributed by atoms with Crippen LogP contribution in [0.1, 0.15) is 15.2 Å². The van der Waals surface area contributed by atoms with Crippen LogP contribution >= 0.6 is 22.9 Å². The highest BCUT2D eigenvalue weighted by atomic mass is 35.5. The van der Waals surface area contributed by atoms with Gasteiger partial charge in [0.15, 0.2) is 5.78 Å². The lowest BCUT2D eigenvalue weighted by Crippen LogP contribution is -2.02. The summed E-state index contributed by atoms with van der Waals surface area (Å²) in [4.78, 5) is 12.9. The predicted molar refractivity (Wildman–Crippen MR) is 81.3 cm³/mol. The minimum atomic E-state index is -0.381. The molecular weight excluding hydrogens is 295 g/mol. The van der Waals surface area contributed by atoms with Crippen molar-refractivity contribution in [3.05, 3.63) is 69.8 Å². The number of benzene rings is 2. The van der Waals surface area contributed by atoms with Crippen LogP contribution in [0.5, 0.6) is 0 Å². The average Bonchev–Trinajstić information content (AvgIpc) is 2.87. The molecule has 0 aliphatic carbocycles. The van der Waals surface area contributed by atoms with Crippen LogP contribution in [0.2, 0.25) is 5.02 Å². The number of hydrogen-bond donors (Lipinski definition) is 0. The van der Waals surface area contributed by atoms with Crippen LogP contribution in [0.4, 0.5) is 4.39 Å². The molecule has 1 aromatic heterocycles. The van der Waals surface area contributed by atoms with Crippen LogP contribution in [-0.4, -0.2) is 5.78 Å². The summed E-state index contributed by atoms with van der Waals surface area (Å²) in [6.07, 6.45) is 0.114. The zero-order valence-electron chi connectivity index (χ0n) is 10.4. The molecule has 0 fully saturated rings. The highest BCUT2D eigenvalue weighted by molar-refractivity contribution is 7.20. The van der Waals surface area contributed by atoms with Gasteiger partial charge >= 0.3 is 0 Å². The quantitative estimate of drug-likeness (QED) is 0.614. The number of halogens is 2. The third-order valence-electron chi connectivity index (χ3n) is 3.06. The first-order valence-electron chi connectivity index (χ1n) is 6.09. The van der Waals surface area contributed by atoms with E-state index < -0.39 is 0 Å². The maximum absolute atomic E-state index is 13.2. The third-order valence-corrected chi connectivity index (χ3v) is 4.58. The van der Waals surface area contributed by atoms with E-state index in [1.165, 1.54) is 29.5 Å². The number of carbonyl (C=O) groups excluding carboxylic acids is 1. The largest absolute Gasteiger partial charge is 0.293 e. The Bertz CT molecular complexity index is 761. The molecule has 0 radical (unpaired) electrons. The van der Waals surface area contributed by atoms with Crippen molar-refractivity contribution in [2.24, 2.45) is 0 Å². The highest BCUT2D eigenvalue weighted by Gasteiger charge is 2.13. The van der Waals surface area contributed by atoms with Gasteiger partial charge in [-0.25, -0.2) is 4.39 Å². The molecule has 0 saturated heterocycles. The maximum Gasteiger partial charge on any atom is 0.177 e. The Morgan fingerprint density at radius 2 is 1.95 bits per heavy atom. The number of ketones is 1. The molecule has 0 amide bonds. The van der Waals surface area contributed by atoms with E-state index in [9.17, 15) is 9.18 Å². The first kappa shape index (κ1) is 13.3. The molecule has 0 saturated carbocycles. The molecule has 0 aliphatic rings. The Morgan fingerprint density at radius 1 is 1.15 bits per heavy atom. The van der Waals surface area contributed by atoms with Crippen molar-refractivity contribution in [3.8, 4) is 0 Å². The summed E-state index contributed by atoms with van der Waals surface area (Å²) in [5, 5.41) is 1.46. The monoisotopic (exact) mass is 304 g/mol. The number of Topliss-reactive ketones (excluding diaryl/α,β-unsaturated/α-hetero) is 1. The number of carbonyl (C=O) groups is 1. The first-order chi connectivity index (χ1) is 9.63. The molecular formula is C16H10ClFOS. The lowest BCUT2D eigenvalue weighted by molar-refractivity contribution is 0.0997. The van der Waals surface area contributed by atoms with Gasteiger partial charge in [-0.2, -0.15) is 0 Å². The second-order valence-corrected chi connectivity index (χ2v) is 5.98. The summed E-state index contributed by atoms with van der Waals surface area (Å²) >= 11 is 7.44. The first-order valence-corrected chi connectivity index (χ1v) is 7.28. The fraction of sp³-hybridized carbons (Fsp3) is 0.0625. The normalized spacial score (nSPS) is 10.9. The van der Waals surface area contributed by atoms with Crippen molar-refractivity contribution in [2.75, 3.05) is 0 Å². The van der Waals surface area contributed by atoms with E-state index in [2.05, 4.69) is 0 Å². The molecule has 2 aromatic carbocycles. The molecule has 1 nitrogen and oxygen atoms in total. The Kier molecular flexibility index (Phi) is 3.55. The van der Waals surface area contributed by atoms with Crippen molar-refractivity contribution in [3.63, 3.8) is 0 Å². The van der Waals surface area contributed by atoms with E-state index in [0.717, 1.165) is 10.1 Å². The summed E-state index contributed by atoms with van der Waals surface area (Å²) in [6.45, 7) is 0. The van der Waals surface area contributed by atoms with Crippen LogP contribution in [0.25, 0.3) is 10.1 Å². The molecule has 3 rings (SSSR count). The number of hydrogen-bond acceptors (Lipinski definition) is 2. The van der Waals surface area contributed by atoms with Crippen molar-refractivity contribution >= 4 is 38.8 Å². The van der Waals surface area contributed by atoms with E-state index in [1.54, 1.807) is 0 Å². The molecule has 0 spiro atoms. The molecule has 0 N–H and O–H groups in total. The van der Waals surface area contributed by atoms with E-state index >= 15 is 0 Å². The minimum absolute atomic E-state index is 0.0429. The van der Waals surface area contributed by atoms with Gasteiger partial charge in [0.1, 0.15) is 5.82 Å². The average molecular weight is 305 g/mol. The Morgan fingerprint density at radius 3 is 2.75 bits per heavy atom. The summed E-state index contributed by atoms with van der Waals surface area (Å²) in [5.74, 6) is -0.424. The van der Waals surface area contributed by atoms with Gasteiger partial charge in [0.05, 0.1) is 4.88 Å². The molecule has 100 valence electrons. The lowest BCUT2D eigenvalue weighted by Gasteiger charge is -2.02. The van der Waals surface area contributed by atoms with E-state index in [-0.39, 0.29) is 18.0 Å². The van der Waals surface area contributed by atoms with Crippen LogP contribution in [0.3, 0.4) is 0 Å². The molecule has 20 heavy (non-hydrogen) atoms.